The molecule has 24 heavy (non-hydrogen) atoms. The van der Waals surface area contributed by atoms with Crippen LogP contribution in [0.1, 0.15) is 18.7 Å². The number of hydrogen-bond donors (Lipinski definition) is 0. The zero-order chi connectivity index (χ0) is 16.2. The fourth-order valence-corrected chi connectivity index (χ4v) is 3.35. The van der Waals surface area contributed by atoms with Gasteiger partial charge in [-0.1, -0.05) is 30.3 Å². The lowest BCUT2D eigenvalue weighted by Crippen LogP contribution is -2.36. The average Bonchev–Trinajstić information content (AvgIpc) is 3.28. The summed E-state index contributed by atoms with van der Waals surface area (Å²) in [7, 11) is 0. The molecule has 6 heteroatoms. The SMILES string of the molecule is c1ccc(-c2cnc(CN3CCC[C@@H](Cn4cncn4)C3)o2)cc1. The van der Waals surface area contributed by atoms with Crippen molar-refractivity contribution in [2.45, 2.75) is 25.9 Å². The van der Waals surface area contributed by atoms with Crippen LogP contribution in [-0.4, -0.2) is 37.7 Å². The number of rotatable bonds is 5. The maximum atomic E-state index is 5.93. The lowest BCUT2D eigenvalue weighted by molar-refractivity contribution is 0.142. The second-order valence-electron chi connectivity index (χ2n) is 6.35. The molecule has 0 spiro atoms. The average molecular weight is 323 g/mol. The van der Waals surface area contributed by atoms with E-state index in [1.165, 1.54) is 12.8 Å². The van der Waals surface area contributed by atoms with Gasteiger partial charge in [0.2, 0.25) is 5.89 Å². The van der Waals surface area contributed by atoms with Crippen molar-refractivity contribution in [2.24, 2.45) is 5.92 Å². The summed E-state index contributed by atoms with van der Waals surface area (Å²) < 4.78 is 7.86. The van der Waals surface area contributed by atoms with E-state index in [9.17, 15) is 0 Å². The van der Waals surface area contributed by atoms with Crippen LogP contribution < -0.4 is 0 Å². The number of benzene rings is 1. The molecule has 124 valence electrons. The summed E-state index contributed by atoms with van der Waals surface area (Å²) in [6.45, 7) is 3.83. The third kappa shape index (κ3) is 3.54. The zero-order valence-electron chi connectivity index (χ0n) is 13.6. The summed E-state index contributed by atoms with van der Waals surface area (Å²) in [6.07, 6.45) is 7.64. The largest absolute Gasteiger partial charge is 0.439 e. The molecule has 6 nitrogen and oxygen atoms in total. The quantitative estimate of drug-likeness (QED) is 0.722. The summed E-state index contributed by atoms with van der Waals surface area (Å²) in [5.74, 6) is 2.22. The molecule has 0 saturated carbocycles. The predicted molar refractivity (Wildman–Crippen MR) is 90.0 cm³/mol. The third-order valence-electron chi connectivity index (χ3n) is 4.49. The van der Waals surface area contributed by atoms with Crippen molar-refractivity contribution in [1.29, 1.82) is 0 Å². The highest BCUT2D eigenvalue weighted by Gasteiger charge is 2.22. The van der Waals surface area contributed by atoms with Crippen molar-refractivity contribution < 1.29 is 4.42 Å². The minimum atomic E-state index is 0.601. The lowest BCUT2D eigenvalue weighted by atomic mass is 9.98. The van der Waals surface area contributed by atoms with Crippen LogP contribution in [0.3, 0.4) is 0 Å². The van der Waals surface area contributed by atoms with E-state index in [1.54, 1.807) is 12.7 Å². The van der Waals surface area contributed by atoms with Gasteiger partial charge in [-0.3, -0.25) is 9.58 Å². The number of oxazole rings is 1. The standard InChI is InChI=1S/C18H21N5O/c1-2-6-16(7-3-1)17-9-20-18(24-17)12-22-8-4-5-15(10-22)11-23-14-19-13-21-23/h1-3,6-7,9,13-15H,4-5,8,10-12H2/t15-/m1/s1. The van der Waals surface area contributed by atoms with Gasteiger partial charge in [0.15, 0.2) is 5.76 Å². The number of aromatic nitrogens is 4. The molecule has 1 aliphatic rings. The maximum absolute atomic E-state index is 5.93. The Bertz CT molecular complexity index is 753. The summed E-state index contributed by atoms with van der Waals surface area (Å²) in [5, 5.41) is 4.21. The molecule has 1 fully saturated rings. The highest BCUT2D eigenvalue weighted by molar-refractivity contribution is 5.55. The van der Waals surface area contributed by atoms with E-state index in [-0.39, 0.29) is 0 Å². The van der Waals surface area contributed by atoms with Gasteiger partial charge in [-0.25, -0.2) is 9.97 Å². The molecule has 0 N–H and O–H groups in total. The van der Waals surface area contributed by atoms with E-state index in [0.717, 1.165) is 43.4 Å². The van der Waals surface area contributed by atoms with Crippen molar-refractivity contribution in [1.82, 2.24) is 24.6 Å². The van der Waals surface area contributed by atoms with Gasteiger partial charge >= 0.3 is 0 Å². The van der Waals surface area contributed by atoms with Gasteiger partial charge in [-0.15, -0.1) is 0 Å². The minimum Gasteiger partial charge on any atom is -0.439 e. The van der Waals surface area contributed by atoms with E-state index >= 15 is 0 Å². The molecular formula is C18H21N5O. The Morgan fingerprint density at radius 1 is 1.21 bits per heavy atom. The predicted octanol–water partition coefficient (Wildman–Crippen LogP) is 2.85. The molecule has 0 radical (unpaired) electrons. The molecule has 1 aromatic carbocycles. The topological polar surface area (TPSA) is 60.0 Å². The minimum absolute atomic E-state index is 0.601. The fraction of sp³-hybridized carbons (Fsp3) is 0.389. The van der Waals surface area contributed by atoms with Gasteiger partial charge in [0, 0.05) is 18.7 Å². The molecule has 0 aliphatic carbocycles. The second-order valence-corrected chi connectivity index (χ2v) is 6.35. The van der Waals surface area contributed by atoms with Gasteiger partial charge in [-0.2, -0.15) is 5.10 Å². The Balaban J connectivity index is 1.37. The normalized spacial score (nSPS) is 18.8. The number of piperidine rings is 1. The number of likely N-dealkylation sites (tertiary alicyclic amines) is 1. The van der Waals surface area contributed by atoms with Crippen molar-refractivity contribution in [3.05, 3.63) is 55.1 Å². The van der Waals surface area contributed by atoms with Gasteiger partial charge in [-0.05, 0) is 25.3 Å². The van der Waals surface area contributed by atoms with Gasteiger partial charge in [0.05, 0.1) is 12.7 Å². The molecule has 0 bridgehead atoms. The molecule has 3 heterocycles. The lowest BCUT2D eigenvalue weighted by Gasteiger charge is -2.31. The Morgan fingerprint density at radius 3 is 2.96 bits per heavy atom. The van der Waals surface area contributed by atoms with Crippen LogP contribution in [0.25, 0.3) is 11.3 Å². The van der Waals surface area contributed by atoms with Crippen LogP contribution in [0.2, 0.25) is 0 Å². The molecular weight excluding hydrogens is 302 g/mol. The molecule has 1 atom stereocenters. The molecule has 1 saturated heterocycles. The van der Waals surface area contributed by atoms with Crippen LogP contribution >= 0.6 is 0 Å². The number of nitrogens with zero attached hydrogens (tertiary/aromatic N) is 5. The zero-order valence-corrected chi connectivity index (χ0v) is 13.6. The molecule has 3 aromatic rings. The Morgan fingerprint density at radius 2 is 2.12 bits per heavy atom. The number of hydrogen-bond acceptors (Lipinski definition) is 5. The summed E-state index contributed by atoms with van der Waals surface area (Å²) in [4.78, 5) is 10.9. The second kappa shape index (κ2) is 6.97. The van der Waals surface area contributed by atoms with E-state index in [2.05, 4.69) is 20.0 Å². The highest BCUT2D eigenvalue weighted by atomic mass is 16.4. The summed E-state index contributed by atoms with van der Waals surface area (Å²) in [6, 6.07) is 10.1. The van der Waals surface area contributed by atoms with Crippen LogP contribution in [0.5, 0.6) is 0 Å². The first-order valence-electron chi connectivity index (χ1n) is 8.42. The molecule has 1 aliphatic heterocycles. The Kier molecular flexibility index (Phi) is 4.38. The van der Waals surface area contributed by atoms with Gasteiger partial charge in [0.25, 0.3) is 0 Å². The monoisotopic (exact) mass is 323 g/mol. The first-order valence-corrected chi connectivity index (χ1v) is 8.42. The molecule has 0 unspecified atom stereocenters. The summed E-state index contributed by atoms with van der Waals surface area (Å²) in [5.41, 5.74) is 1.07. The molecule has 4 rings (SSSR count). The van der Waals surface area contributed by atoms with Crippen LogP contribution in [0.4, 0.5) is 0 Å². The van der Waals surface area contributed by atoms with Gasteiger partial charge in [0.1, 0.15) is 12.7 Å². The van der Waals surface area contributed by atoms with Crippen molar-refractivity contribution in [2.75, 3.05) is 13.1 Å². The van der Waals surface area contributed by atoms with E-state index in [4.69, 9.17) is 4.42 Å². The van der Waals surface area contributed by atoms with Crippen LogP contribution in [0.15, 0.2) is 53.6 Å². The first kappa shape index (κ1) is 15.1. The Hall–Kier alpha value is -2.47. The Labute approximate surface area is 141 Å². The smallest absolute Gasteiger partial charge is 0.209 e. The molecule has 0 amide bonds. The van der Waals surface area contributed by atoms with E-state index in [0.29, 0.717) is 5.92 Å². The first-order chi connectivity index (χ1) is 11.9. The van der Waals surface area contributed by atoms with Crippen molar-refractivity contribution >= 4 is 0 Å². The van der Waals surface area contributed by atoms with E-state index < -0.39 is 0 Å². The van der Waals surface area contributed by atoms with Crippen molar-refractivity contribution in [3.8, 4) is 11.3 Å². The highest BCUT2D eigenvalue weighted by Crippen LogP contribution is 2.23. The van der Waals surface area contributed by atoms with Crippen LogP contribution in [0, 0.1) is 5.92 Å². The van der Waals surface area contributed by atoms with Gasteiger partial charge < -0.3 is 4.42 Å². The fourth-order valence-electron chi connectivity index (χ4n) is 3.35. The molecule has 2 aromatic heterocycles. The maximum Gasteiger partial charge on any atom is 0.209 e. The van der Waals surface area contributed by atoms with Crippen LogP contribution in [-0.2, 0) is 13.1 Å². The summed E-state index contributed by atoms with van der Waals surface area (Å²) >= 11 is 0. The third-order valence-corrected chi connectivity index (χ3v) is 4.49. The van der Waals surface area contributed by atoms with E-state index in [1.807, 2.05) is 41.2 Å². The van der Waals surface area contributed by atoms with Crippen molar-refractivity contribution in [3.63, 3.8) is 0 Å².